The summed E-state index contributed by atoms with van der Waals surface area (Å²) in [6, 6.07) is 0. The number of carbonyl (C=O) groups is 2. The molecule has 0 spiro atoms. The molecule has 0 aromatic rings. The van der Waals surface area contributed by atoms with Crippen LogP contribution in [0.3, 0.4) is 0 Å². The minimum absolute atomic E-state index is 0.218. The maximum absolute atomic E-state index is 11.4. The van der Waals surface area contributed by atoms with Gasteiger partial charge in [0.15, 0.2) is 11.7 Å². The Morgan fingerprint density at radius 2 is 1.57 bits per heavy atom. The van der Waals surface area contributed by atoms with Crippen molar-refractivity contribution in [3.63, 3.8) is 0 Å². The second-order valence-electron chi connectivity index (χ2n) is 5.05. The molecule has 3 atom stereocenters. The molecule has 0 saturated heterocycles. The first kappa shape index (κ1) is 19.7. The fraction of sp³-hybridized carbons (Fsp3) is 0.833. The van der Waals surface area contributed by atoms with Crippen LogP contribution in [-0.2, 0) is 9.59 Å². The molecule has 0 fully saturated rings. The van der Waals surface area contributed by atoms with E-state index >= 15 is 0 Å². The third-order valence-electron chi connectivity index (χ3n) is 3.41. The van der Waals surface area contributed by atoms with E-state index in [4.69, 9.17) is 11.5 Å². The lowest BCUT2D eigenvalue weighted by Gasteiger charge is -2.40. The molecule has 0 bridgehead atoms. The Morgan fingerprint density at radius 1 is 1.05 bits per heavy atom. The van der Waals surface area contributed by atoms with E-state index in [1.807, 2.05) is 6.92 Å². The topological polar surface area (TPSA) is 187 Å². The number of carbonyl (C=O) groups excluding carboxylic acids is 2. The average molecular weight is 308 g/mol. The number of aliphatic hydroxyl groups excluding tert-OH is 2. The summed E-state index contributed by atoms with van der Waals surface area (Å²) in [6.45, 7) is 1.93. The van der Waals surface area contributed by atoms with E-state index < -0.39 is 41.8 Å². The van der Waals surface area contributed by atoms with Gasteiger partial charge in [-0.05, 0) is 12.8 Å². The quantitative estimate of drug-likeness (QED) is 0.166. The predicted molar refractivity (Wildman–Crippen MR) is 71.3 cm³/mol. The summed E-state index contributed by atoms with van der Waals surface area (Å²) >= 11 is 0. The first-order valence-electron chi connectivity index (χ1n) is 6.64. The van der Waals surface area contributed by atoms with Crippen molar-refractivity contribution in [3.05, 3.63) is 0 Å². The highest BCUT2D eigenvalue weighted by atomic mass is 16.6. The van der Waals surface area contributed by atoms with Crippen molar-refractivity contribution >= 4 is 11.8 Å². The van der Waals surface area contributed by atoms with E-state index in [1.165, 1.54) is 0 Å². The molecule has 0 radical (unpaired) electrons. The molecule has 0 aliphatic heterocycles. The number of primary amides is 2. The largest absolute Gasteiger partial charge is 0.384 e. The molecule has 3 unspecified atom stereocenters. The molecular weight excluding hydrogens is 284 g/mol. The molecule has 0 aliphatic rings. The van der Waals surface area contributed by atoms with Gasteiger partial charge in [-0.15, -0.1) is 0 Å². The van der Waals surface area contributed by atoms with Crippen LogP contribution in [0.2, 0.25) is 0 Å². The maximum atomic E-state index is 11.4. The number of nitrogens with two attached hydrogens (primary N) is 2. The highest BCUT2D eigenvalue weighted by Crippen LogP contribution is 2.30. The van der Waals surface area contributed by atoms with E-state index in [0.29, 0.717) is 6.42 Å². The first-order valence-corrected chi connectivity index (χ1v) is 6.64. The molecule has 124 valence electrons. The Morgan fingerprint density at radius 3 is 1.95 bits per heavy atom. The van der Waals surface area contributed by atoms with Crippen LogP contribution in [0.15, 0.2) is 0 Å². The van der Waals surface area contributed by atoms with E-state index in [0.717, 1.165) is 12.8 Å². The van der Waals surface area contributed by atoms with Crippen molar-refractivity contribution < 1.29 is 35.1 Å². The molecule has 2 amide bonds. The monoisotopic (exact) mass is 308 g/mol. The highest BCUT2D eigenvalue weighted by molar-refractivity contribution is 5.85. The zero-order chi connectivity index (χ0) is 16.8. The first-order chi connectivity index (χ1) is 9.52. The Hall–Kier alpha value is -1.26. The summed E-state index contributed by atoms with van der Waals surface area (Å²) in [5.41, 5.74) is 6.76. The molecule has 0 heterocycles. The van der Waals surface area contributed by atoms with Gasteiger partial charge < -0.3 is 37.0 Å². The molecule has 0 rings (SSSR count). The lowest BCUT2D eigenvalue weighted by molar-refractivity contribution is -0.316. The Kier molecular flexibility index (Phi) is 7.20. The van der Waals surface area contributed by atoms with Gasteiger partial charge in [0.05, 0.1) is 0 Å². The van der Waals surface area contributed by atoms with Crippen LogP contribution in [0, 0.1) is 0 Å². The van der Waals surface area contributed by atoms with Crippen molar-refractivity contribution in [2.24, 2.45) is 11.5 Å². The summed E-state index contributed by atoms with van der Waals surface area (Å²) in [5.74, 6) is -6.48. The zero-order valence-corrected chi connectivity index (χ0v) is 11.9. The summed E-state index contributed by atoms with van der Waals surface area (Å²) in [6.07, 6.45) is -3.00. The number of amides is 2. The van der Waals surface area contributed by atoms with Gasteiger partial charge in [0.25, 0.3) is 5.91 Å². The molecule has 9 heteroatoms. The van der Waals surface area contributed by atoms with Gasteiger partial charge in [-0.1, -0.05) is 26.2 Å². The third kappa shape index (κ3) is 4.35. The number of rotatable bonds is 10. The summed E-state index contributed by atoms with van der Waals surface area (Å²) in [7, 11) is 0. The number of unbranched alkanes of at least 4 members (excludes halogenated alkanes) is 3. The molecule has 0 saturated carbocycles. The SMILES string of the molecule is CCCCCCC(O)(C(N)=O)C(O)(O)C(O)C(O)C(N)=O. The van der Waals surface area contributed by atoms with Gasteiger partial charge in [-0.3, -0.25) is 9.59 Å². The Balaban J connectivity index is 5.22. The Labute approximate surface area is 122 Å². The smallest absolute Gasteiger partial charge is 0.255 e. The number of hydrogen-bond acceptors (Lipinski definition) is 7. The fourth-order valence-electron chi connectivity index (χ4n) is 1.92. The summed E-state index contributed by atoms with van der Waals surface area (Å²) in [5, 5.41) is 48.7. The van der Waals surface area contributed by atoms with Crippen LogP contribution in [0.1, 0.15) is 39.0 Å². The molecule has 0 aromatic carbocycles. The second kappa shape index (κ2) is 7.66. The summed E-state index contributed by atoms with van der Waals surface area (Å²) < 4.78 is 0. The van der Waals surface area contributed by atoms with Crippen LogP contribution in [0.4, 0.5) is 0 Å². The van der Waals surface area contributed by atoms with Crippen LogP contribution in [-0.4, -0.2) is 60.9 Å². The number of hydrogen-bond donors (Lipinski definition) is 7. The van der Waals surface area contributed by atoms with E-state index in [1.54, 1.807) is 0 Å². The second-order valence-corrected chi connectivity index (χ2v) is 5.05. The average Bonchev–Trinajstić information content (AvgIpc) is 2.40. The van der Waals surface area contributed by atoms with Crippen molar-refractivity contribution in [2.75, 3.05) is 0 Å². The molecular formula is C12H24N2O7. The molecule has 21 heavy (non-hydrogen) atoms. The minimum Gasteiger partial charge on any atom is -0.384 e. The predicted octanol–water partition coefficient (Wildman–Crippen LogP) is -2.94. The van der Waals surface area contributed by atoms with Crippen LogP contribution in [0.5, 0.6) is 0 Å². The minimum atomic E-state index is -3.53. The van der Waals surface area contributed by atoms with Crippen molar-refractivity contribution in [1.29, 1.82) is 0 Å². The van der Waals surface area contributed by atoms with Crippen LogP contribution >= 0.6 is 0 Å². The van der Waals surface area contributed by atoms with Crippen molar-refractivity contribution in [3.8, 4) is 0 Å². The van der Waals surface area contributed by atoms with E-state index in [9.17, 15) is 35.1 Å². The van der Waals surface area contributed by atoms with Gasteiger partial charge in [-0.25, -0.2) is 0 Å². The standard InChI is InChI=1S/C12H24N2O7/c1-2-3-4-5-6-11(19,10(14)18)12(20,21)8(16)7(15)9(13)17/h7-8,15-16,19-21H,2-6H2,1H3,(H2,13,17)(H2,14,18). The Bertz CT molecular complexity index is 375. The van der Waals surface area contributed by atoms with Gasteiger partial charge in [0, 0.05) is 0 Å². The van der Waals surface area contributed by atoms with Gasteiger partial charge in [0.2, 0.25) is 11.7 Å². The van der Waals surface area contributed by atoms with Gasteiger partial charge in [-0.2, -0.15) is 0 Å². The number of aliphatic hydroxyl groups is 5. The van der Waals surface area contributed by atoms with E-state index in [-0.39, 0.29) is 6.42 Å². The third-order valence-corrected chi connectivity index (χ3v) is 3.41. The molecule has 0 aromatic heterocycles. The highest BCUT2D eigenvalue weighted by Gasteiger charge is 2.59. The van der Waals surface area contributed by atoms with Crippen LogP contribution in [0.25, 0.3) is 0 Å². The molecule has 9 N–H and O–H groups in total. The lowest BCUT2D eigenvalue weighted by atomic mass is 9.81. The summed E-state index contributed by atoms with van der Waals surface area (Å²) in [4.78, 5) is 22.1. The van der Waals surface area contributed by atoms with Crippen LogP contribution < -0.4 is 11.5 Å². The molecule has 9 nitrogen and oxygen atoms in total. The maximum Gasteiger partial charge on any atom is 0.255 e. The fourth-order valence-corrected chi connectivity index (χ4v) is 1.92. The normalized spacial score (nSPS) is 17.8. The van der Waals surface area contributed by atoms with Gasteiger partial charge >= 0.3 is 0 Å². The zero-order valence-electron chi connectivity index (χ0n) is 11.9. The lowest BCUT2D eigenvalue weighted by Crippen LogP contribution is -2.70. The van der Waals surface area contributed by atoms with Crippen molar-refractivity contribution in [2.45, 2.75) is 62.6 Å². The molecule has 0 aliphatic carbocycles. The van der Waals surface area contributed by atoms with Gasteiger partial charge in [0.1, 0.15) is 6.10 Å². The van der Waals surface area contributed by atoms with E-state index in [2.05, 4.69) is 0 Å². The van der Waals surface area contributed by atoms with Crippen molar-refractivity contribution in [1.82, 2.24) is 0 Å².